The minimum atomic E-state index is -0.297. The number of nitrogens with zero attached hydrogens (tertiary/aromatic N) is 5. The van der Waals surface area contributed by atoms with Crippen molar-refractivity contribution in [1.29, 1.82) is 0 Å². The first-order chi connectivity index (χ1) is 10.2. The zero-order valence-corrected chi connectivity index (χ0v) is 11.4. The fraction of sp³-hybridized carbons (Fsp3) is 0.143. The van der Waals surface area contributed by atoms with E-state index in [2.05, 4.69) is 20.3 Å². The Labute approximate surface area is 120 Å². The van der Waals surface area contributed by atoms with Gasteiger partial charge in [0.05, 0.1) is 5.69 Å². The number of hydrogen-bond donors (Lipinski definition) is 1. The molecule has 0 aliphatic heterocycles. The molecule has 0 spiro atoms. The van der Waals surface area contributed by atoms with Gasteiger partial charge in [-0.3, -0.25) is 0 Å². The number of rotatable bonds is 3. The number of benzene rings is 1. The van der Waals surface area contributed by atoms with Gasteiger partial charge in [0.25, 0.3) is 0 Å². The summed E-state index contributed by atoms with van der Waals surface area (Å²) in [7, 11) is 0. The van der Waals surface area contributed by atoms with Crippen molar-refractivity contribution >= 4 is 5.95 Å². The maximum atomic E-state index is 13.1. The van der Waals surface area contributed by atoms with Crippen molar-refractivity contribution in [3.05, 3.63) is 42.3 Å². The minimum absolute atomic E-state index is 0.182. The van der Waals surface area contributed by atoms with Gasteiger partial charge in [0.1, 0.15) is 17.2 Å². The van der Waals surface area contributed by atoms with Crippen molar-refractivity contribution in [2.75, 3.05) is 5.73 Å². The van der Waals surface area contributed by atoms with E-state index in [9.17, 15) is 4.39 Å². The molecule has 3 aromatic rings. The van der Waals surface area contributed by atoms with E-state index in [1.807, 2.05) is 6.92 Å². The Morgan fingerprint density at radius 1 is 1.19 bits per heavy atom. The smallest absolute Gasteiger partial charge is 0.220 e. The average molecular weight is 284 g/mol. The first-order valence-corrected chi connectivity index (χ1v) is 6.47. The number of hydrogen-bond acceptors (Lipinski definition) is 5. The molecule has 2 heterocycles. The highest BCUT2D eigenvalue weighted by atomic mass is 19.1. The molecule has 106 valence electrons. The van der Waals surface area contributed by atoms with Crippen molar-refractivity contribution in [3.63, 3.8) is 0 Å². The van der Waals surface area contributed by atoms with E-state index in [0.717, 1.165) is 11.3 Å². The highest BCUT2D eigenvalue weighted by molar-refractivity contribution is 5.76. The Morgan fingerprint density at radius 2 is 1.95 bits per heavy atom. The summed E-state index contributed by atoms with van der Waals surface area (Å²) in [5, 5.41) is 8.29. The monoisotopic (exact) mass is 284 g/mol. The Bertz CT molecular complexity index is 765. The maximum Gasteiger partial charge on any atom is 0.220 e. The lowest BCUT2D eigenvalue weighted by atomic mass is 10.1. The molecule has 0 aliphatic carbocycles. The number of halogens is 1. The molecular weight excluding hydrogens is 271 g/mol. The van der Waals surface area contributed by atoms with Gasteiger partial charge in [0.15, 0.2) is 0 Å². The molecule has 3 rings (SSSR count). The van der Waals surface area contributed by atoms with Gasteiger partial charge in [-0.15, -0.1) is 5.10 Å². The summed E-state index contributed by atoms with van der Waals surface area (Å²) in [4.78, 5) is 8.11. The Hall–Kier alpha value is -2.83. The number of aromatic nitrogens is 5. The van der Waals surface area contributed by atoms with Crippen LogP contribution in [0.4, 0.5) is 10.3 Å². The lowest BCUT2D eigenvalue weighted by molar-refractivity contribution is 0.628. The van der Waals surface area contributed by atoms with E-state index < -0.39 is 0 Å². The third-order valence-corrected chi connectivity index (χ3v) is 3.07. The van der Waals surface area contributed by atoms with Gasteiger partial charge in [-0.2, -0.15) is 0 Å². The summed E-state index contributed by atoms with van der Waals surface area (Å²) in [5.41, 5.74) is 8.41. The Morgan fingerprint density at radius 3 is 2.62 bits per heavy atom. The van der Waals surface area contributed by atoms with Crippen LogP contribution < -0.4 is 5.73 Å². The van der Waals surface area contributed by atoms with Crippen molar-refractivity contribution < 1.29 is 4.39 Å². The normalized spacial score (nSPS) is 10.8. The SMILES string of the molecule is CCn1nnc(-c2ccc(F)cc2)c1-c1ccnc(N)n1. The summed E-state index contributed by atoms with van der Waals surface area (Å²) in [6, 6.07) is 7.84. The first kappa shape index (κ1) is 13.2. The van der Waals surface area contributed by atoms with Crippen molar-refractivity contribution in [3.8, 4) is 22.6 Å². The number of nitrogen functional groups attached to an aromatic ring is 1. The largest absolute Gasteiger partial charge is 0.368 e. The summed E-state index contributed by atoms with van der Waals surface area (Å²) < 4.78 is 14.8. The van der Waals surface area contributed by atoms with E-state index in [1.165, 1.54) is 12.1 Å². The minimum Gasteiger partial charge on any atom is -0.368 e. The second-order valence-electron chi connectivity index (χ2n) is 4.41. The molecule has 7 heteroatoms. The molecule has 0 atom stereocenters. The van der Waals surface area contributed by atoms with Crippen molar-refractivity contribution in [2.45, 2.75) is 13.5 Å². The summed E-state index contributed by atoms with van der Waals surface area (Å²) in [5.74, 6) is -0.115. The lowest BCUT2D eigenvalue weighted by Gasteiger charge is -2.06. The molecule has 2 aromatic heterocycles. The van der Waals surface area contributed by atoms with Gasteiger partial charge in [0, 0.05) is 18.3 Å². The molecule has 1 aromatic carbocycles. The van der Waals surface area contributed by atoms with Crippen LogP contribution in [0, 0.1) is 5.82 Å². The number of aryl methyl sites for hydroxylation is 1. The highest BCUT2D eigenvalue weighted by Gasteiger charge is 2.17. The second kappa shape index (κ2) is 5.28. The topological polar surface area (TPSA) is 82.5 Å². The predicted molar refractivity (Wildman–Crippen MR) is 76.5 cm³/mol. The third-order valence-electron chi connectivity index (χ3n) is 3.07. The quantitative estimate of drug-likeness (QED) is 0.796. The van der Waals surface area contributed by atoms with Crippen LogP contribution in [0.1, 0.15) is 6.92 Å². The standard InChI is InChI=1S/C14H13FN6/c1-2-21-13(11-7-8-17-14(16)18-11)12(19-20-21)9-3-5-10(15)6-4-9/h3-8H,2H2,1H3,(H2,16,17,18). The highest BCUT2D eigenvalue weighted by Crippen LogP contribution is 2.29. The second-order valence-corrected chi connectivity index (χ2v) is 4.41. The van der Waals surface area contributed by atoms with Crippen LogP contribution in [-0.4, -0.2) is 25.0 Å². The van der Waals surface area contributed by atoms with Crippen molar-refractivity contribution in [2.24, 2.45) is 0 Å². The molecular formula is C14H13FN6. The van der Waals surface area contributed by atoms with Crippen molar-refractivity contribution in [1.82, 2.24) is 25.0 Å². The molecule has 0 radical (unpaired) electrons. The van der Waals surface area contributed by atoms with Gasteiger partial charge in [0.2, 0.25) is 5.95 Å². The molecule has 0 bridgehead atoms. The summed E-state index contributed by atoms with van der Waals surface area (Å²) in [6.45, 7) is 2.59. The Kier molecular flexibility index (Phi) is 3.31. The van der Waals surface area contributed by atoms with E-state index in [1.54, 1.807) is 29.1 Å². The molecule has 6 nitrogen and oxygen atoms in total. The van der Waals surface area contributed by atoms with Crippen LogP contribution in [0.5, 0.6) is 0 Å². The summed E-state index contributed by atoms with van der Waals surface area (Å²) >= 11 is 0. The third kappa shape index (κ3) is 2.45. The van der Waals surface area contributed by atoms with Crippen LogP contribution in [0.3, 0.4) is 0 Å². The molecule has 0 unspecified atom stereocenters. The Balaban J connectivity index is 2.19. The molecule has 2 N–H and O–H groups in total. The number of nitrogens with two attached hydrogens (primary N) is 1. The van der Waals surface area contributed by atoms with Gasteiger partial charge < -0.3 is 5.73 Å². The molecule has 0 amide bonds. The van der Waals surface area contributed by atoms with E-state index in [4.69, 9.17) is 5.73 Å². The zero-order valence-electron chi connectivity index (χ0n) is 11.4. The fourth-order valence-electron chi connectivity index (χ4n) is 2.10. The van der Waals surface area contributed by atoms with E-state index in [0.29, 0.717) is 17.9 Å². The van der Waals surface area contributed by atoms with Gasteiger partial charge >= 0.3 is 0 Å². The van der Waals surface area contributed by atoms with Crippen LogP contribution in [0.15, 0.2) is 36.5 Å². The average Bonchev–Trinajstić information content (AvgIpc) is 2.92. The van der Waals surface area contributed by atoms with Gasteiger partial charge in [-0.25, -0.2) is 19.0 Å². The van der Waals surface area contributed by atoms with Crippen LogP contribution in [-0.2, 0) is 6.54 Å². The molecule has 0 aliphatic rings. The van der Waals surface area contributed by atoms with Crippen LogP contribution in [0.25, 0.3) is 22.6 Å². The zero-order chi connectivity index (χ0) is 14.8. The van der Waals surface area contributed by atoms with Gasteiger partial charge in [-0.1, -0.05) is 5.21 Å². The van der Waals surface area contributed by atoms with Crippen LogP contribution >= 0.6 is 0 Å². The summed E-state index contributed by atoms with van der Waals surface area (Å²) in [6.07, 6.45) is 1.58. The molecule has 0 saturated heterocycles. The van der Waals surface area contributed by atoms with E-state index in [-0.39, 0.29) is 11.8 Å². The van der Waals surface area contributed by atoms with Crippen LogP contribution in [0.2, 0.25) is 0 Å². The molecule has 0 fully saturated rings. The predicted octanol–water partition coefficient (Wildman–Crippen LogP) is 2.14. The fourth-order valence-corrected chi connectivity index (χ4v) is 2.10. The first-order valence-electron chi connectivity index (χ1n) is 6.47. The molecule has 21 heavy (non-hydrogen) atoms. The molecule has 0 saturated carbocycles. The maximum absolute atomic E-state index is 13.1. The lowest BCUT2D eigenvalue weighted by Crippen LogP contribution is -2.03. The van der Waals surface area contributed by atoms with E-state index >= 15 is 0 Å². The van der Waals surface area contributed by atoms with Gasteiger partial charge in [-0.05, 0) is 37.3 Å². The number of anilines is 1.